The molecule has 0 saturated carbocycles. The number of hydrogen-bond acceptors (Lipinski definition) is 4. The summed E-state index contributed by atoms with van der Waals surface area (Å²) < 4.78 is 5.43. The predicted octanol–water partition coefficient (Wildman–Crippen LogP) is 1.39. The zero-order chi connectivity index (χ0) is 14.8. The first-order valence-corrected chi connectivity index (χ1v) is 7.02. The van der Waals surface area contributed by atoms with Crippen molar-refractivity contribution in [2.75, 3.05) is 6.54 Å². The summed E-state index contributed by atoms with van der Waals surface area (Å²) in [7, 11) is 0. The monoisotopic (exact) mass is 279 g/mol. The van der Waals surface area contributed by atoms with Crippen LogP contribution >= 0.6 is 0 Å². The van der Waals surface area contributed by atoms with Gasteiger partial charge in [0.25, 0.3) is 0 Å². The van der Waals surface area contributed by atoms with Gasteiger partial charge in [0, 0.05) is 13.0 Å². The number of amides is 2. The van der Waals surface area contributed by atoms with Crippen LogP contribution in [-0.2, 0) is 16.1 Å². The van der Waals surface area contributed by atoms with Gasteiger partial charge in [0.15, 0.2) is 0 Å². The normalized spacial score (nSPS) is 18.9. The van der Waals surface area contributed by atoms with Gasteiger partial charge < -0.3 is 14.6 Å². The second kappa shape index (κ2) is 5.64. The first kappa shape index (κ1) is 14.6. The number of aromatic nitrogens is 1. The summed E-state index contributed by atoms with van der Waals surface area (Å²) in [5.74, 6) is 1.09. The standard InChI is InChI=1S/C14H21N3O3/c1-4-14(5-2)13(19)17(7-6-11(18)16-14)9-12-15-8-10(3)20-12/h8H,4-7,9H2,1-3H3,(H,16,18). The van der Waals surface area contributed by atoms with Gasteiger partial charge in [-0.2, -0.15) is 0 Å². The maximum atomic E-state index is 12.7. The molecule has 0 aliphatic carbocycles. The van der Waals surface area contributed by atoms with Crippen LogP contribution in [0.1, 0.15) is 44.8 Å². The van der Waals surface area contributed by atoms with E-state index >= 15 is 0 Å². The number of carbonyl (C=O) groups is 2. The van der Waals surface area contributed by atoms with Crippen LogP contribution in [0, 0.1) is 6.92 Å². The van der Waals surface area contributed by atoms with Gasteiger partial charge in [-0.15, -0.1) is 0 Å². The largest absolute Gasteiger partial charge is 0.444 e. The molecule has 1 aliphatic rings. The quantitative estimate of drug-likeness (QED) is 0.903. The van der Waals surface area contributed by atoms with Crippen LogP contribution in [0.5, 0.6) is 0 Å². The van der Waals surface area contributed by atoms with Gasteiger partial charge in [-0.25, -0.2) is 4.98 Å². The molecule has 20 heavy (non-hydrogen) atoms. The summed E-state index contributed by atoms with van der Waals surface area (Å²) in [6.45, 7) is 6.35. The molecule has 2 amide bonds. The molecule has 2 heterocycles. The Morgan fingerprint density at radius 2 is 2.10 bits per heavy atom. The van der Waals surface area contributed by atoms with Gasteiger partial charge in [-0.3, -0.25) is 9.59 Å². The topological polar surface area (TPSA) is 75.4 Å². The molecule has 1 N–H and O–H groups in total. The molecule has 2 rings (SSSR count). The van der Waals surface area contributed by atoms with E-state index in [2.05, 4.69) is 10.3 Å². The van der Waals surface area contributed by atoms with E-state index in [4.69, 9.17) is 4.42 Å². The highest BCUT2D eigenvalue weighted by Crippen LogP contribution is 2.23. The lowest BCUT2D eigenvalue weighted by atomic mass is 9.91. The minimum absolute atomic E-state index is 0.0517. The summed E-state index contributed by atoms with van der Waals surface area (Å²) in [6, 6.07) is 0. The SMILES string of the molecule is CCC1(CC)NC(=O)CCN(Cc2ncc(C)o2)C1=O. The van der Waals surface area contributed by atoms with Crippen molar-refractivity contribution < 1.29 is 14.0 Å². The zero-order valence-corrected chi connectivity index (χ0v) is 12.2. The molecule has 0 spiro atoms. The molecule has 1 aromatic rings. The van der Waals surface area contributed by atoms with E-state index < -0.39 is 5.54 Å². The van der Waals surface area contributed by atoms with Crippen LogP contribution in [0.3, 0.4) is 0 Å². The van der Waals surface area contributed by atoms with Gasteiger partial charge in [-0.1, -0.05) is 13.8 Å². The molecule has 0 aromatic carbocycles. The number of nitrogens with zero attached hydrogens (tertiary/aromatic N) is 2. The fraction of sp³-hybridized carbons (Fsp3) is 0.643. The van der Waals surface area contributed by atoms with Gasteiger partial charge in [0.2, 0.25) is 17.7 Å². The molecule has 0 radical (unpaired) electrons. The third-order valence-corrected chi connectivity index (χ3v) is 3.89. The van der Waals surface area contributed by atoms with Gasteiger partial charge >= 0.3 is 0 Å². The highest BCUT2D eigenvalue weighted by molar-refractivity contribution is 5.93. The summed E-state index contributed by atoms with van der Waals surface area (Å²) in [6.07, 6.45) is 3.10. The molecule has 1 saturated heterocycles. The van der Waals surface area contributed by atoms with Crippen molar-refractivity contribution in [3.8, 4) is 0 Å². The van der Waals surface area contributed by atoms with Crippen LogP contribution in [-0.4, -0.2) is 33.8 Å². The third-order valence-electron chi connectivity index (χ3n) is 3.89. The minimum atomic E-state index is -0.796. The first-order valence-electron chi connectivity index (χ1n) is 7.02. The molecule has 1 fully saturated rings. The Hall–Kier alpha value is -1.85. The second-order valence-electron chi connectivity index (χ2n) is 5.18. The molecule has 1 aromatic heterocycles. The van der Waals surface area contributed by atoms with Crippen molar-refractivity contribution in [2.45, 2.75) is 52.1 Å². The molecule has 6 heteroatoms. The Labute approximate surface area is 118 Å². The summed E-state index contributed by atoms with van der Waals surface area (Å²) in [5, 5.41) is 2.88. The number of aryl methyl sites for hydroxylation is 1. The van der Waals surface area contributed by atoms with Crippen molar-refractivity contribution in [1.82, 2.24) is 15.2 Å². The second-order valence-corrected chi connectivity index (χ2v) is 5.18. The van der Waals surface area contributed by atoms with E-state index in [0.717, 1.165) is 0 Å². The minimum Gasteiger partial charge on any atom is -0.444 e. The van der Waals surface area contributed by atoms with Crippen LogP contribution in [0.4, 0.5) is 0 Å². The van der Waals surface area contributed by atoms with E-state index in [9.17, 15) is 9.59 Å². The summed E-state index contributed by atoms with van der Waals surface area (Å²) in [5.41, 5.74) is -0.796. The lowest BCUT2D eigenvalue weighted by Gasteiger charge is -2.33. The average molecular weight is 279 g/mol. The summed E-state index contributed by atoms with van der Waals surface area (Å²) >= 11 is 0. The smallest absolute Gasteiger partial charge is 0.248 e. The lowest BCUT2D eigenvalue weighted by molar-refractivity contribution is -0.140. The third kappa shape index (κ3) is 2.69. The van der Waals surface area contributed by atoms with Crippen molar-refractivity contribution >= 4 is 11.8 Å². The van der Waals surface area contributed by atoms with Gasteiger partial charge in [0.05, 0.1) is 12.7 Å². The van der Waals surface area contributed by atoms with Gasteiger partial charge in [-0.05, 0) is 19.8 Å². The molecule has 1 aliphatic heterocycles. The van der Waals surface area contributed by atoms with Crippen LogP contribution in [0.15, 0.2) is 10.6 Å². The Bertz CT molecular complexity index is 506. The predicted molar refractivity (Wildman–Crippen MR) is 72.7 cm³/mol. The van der Waals surface area contributed by atoms with E-state index in [1.54, 1.807) is 11.1 Å². The van der Waals surface area contributed by atoms with Crippen molar-refractivity contribution in [3.63, 3.8) is 0 Å². The number of rotatable bonds is 4. The van der Waals surface area contributed by atoms with E-state index in [-0.39, 0.29) is 11.8 Å². The van der Waals surface area contributed by atoms with Crippen LogP contribution in [0.2, 0.25) is 0 Å². The molecule has 0 bridgehead atoms. The van der Waals surface area contributed by atoms with Gasteiger partial charge in [0.1, 0.15) is 11.3 Å². The number of oxazole rings is 1. The molecule has 110 valence electrons. The Morgan fingerprint density at radius 3 is 2.65 bits per heavy atom. The lowest BCUT2D eigenvalue weighted by Crippen LogP contribution is -2.56. The van der Waals surface area contributed by atoms with E-state index in [0.29, 0.717) is 44.0 Å². The zero-order valence-electron chi connectivity index (χ0n) is 12.2. The average Bonchev–Trinajstić information content (AvgIpc) is 2.80. The number of nitrogens with one attached hydrogen (secondary N) is 1. The maximum Gasteiger partial charge on any atom is 0.248 e. The molecular formula is C14H21N3O3. The highest BCUT2D eigenvalue weighted by atomic mass is 16.4. The van der Waals surface area contributed by atoms with Crippen LogP contribution in [0.25, 0.3) is 0 Å². The Morgan fingerprint density at radius 1 is 1.40 bits per heavy atom. The van der Waals surface area contributed by atoms with Crippen LogP contribution < -0.4 is 5.32 Å². The highest BCUT2D eigenvalue weighted by Gasteiger charge is 2.41. The van der Waals surface area contributed by atoms with Crippen molar-refractivity contribution in [3.05, 3.63) is 17.8 Å². The van der Waals surface area contributed by atoms with E-state index in [1.807, 2.05) is 20.8 Å². The number of carbonyl (C=O) groups excluding carboxylic acids is 2. The summed E-state index contributed by atoms with van der Waals surface area (Å²) in [4.78, 5) is 30.4. The fourth-order valence-corrected chi connectivity index (χ4v) is 2.54. The fourth-order valence-electron chi connectivity index (χ4n) is 2.54. The Balaban J connectivity index is 2.23. The molecule has 6 nitrogen and oxygen atoms in total. The maximum absolute atomic E-state index is 12.7. The van der Waals surface area contributed by atoms with E-state index in [1.165, 1.54) is 0 Å². The Kier molecular flexibility index (Phi) is 4.11. The van der Waals surface area contributed by atoms with Crippen molar-refractivity contribution in [2.24, 2.45) is 0 Å². The van der Waals surface area contributed by atoms with Crippen molar-refractivity contribution in [1.29, 1.82) is 0 Å². The first-order chi connectivity index (χ1) is 9.50. The molecule has 0 atom stereocenters. The molecule has 0 unspecified atom stereocenters. The molecular weight excluding hydrogens is 258 g/mol. The number of hydrogen-bond donors (Lipinski definition) is 1.